The van der Waals surface area contributed by atoms with Gasteiger partial charge in [0.1, 0.15) is 12.4 Å². The molecule has 1 saturated heterocycles. The summed E-state index contributed by atoms with van der Waals surface area (Å²) >= 11 is 0. The lowest BCUT2D eigenvalue weighted by Crippen LogP contribution is -2.39. The van der Waals surface area contributed by atoms with Gasteiger partial charge in [-0.3, -0.25) is 14.4 Å². The SMILES string of the molecule is CCOC(=O)CNC(=O)CCC(=O)Nc1ccc2nc(N3CC(C)CC(C)C3)cc(C)c2c1. The first-order valence-electron chi connectivity index (χ1n) is 11.6. The second kappa shape index (κ2) is 11.1. The first kappa shape index (κ1) is 24.5. The minimum atomic E-state index is -0.497. The van der Waals surface area contributed by atoms with Crippen molar-refractivity contribution in [3.05, 3.63) is 29.8 Å². The second-order valence-electron chi connectivity index (χ2n) is 9.01. The lowest BCUT2D eigenvalue weighted by Gasteiger charge is -2.36. The Hall–Kier alpha value is -3.16. The molecule has 0 bridgehead atoms. The summed E-state index contributed by atoms with van der Waals surface area (Å²) in [6.07, 6.45) is 1.27. The third kappa shape index (κ3) is 6.91. The molecule has 0 radical (unpaired) electrons. The molecule has 1 aromatic carbocycles. The normalized spacial score (nSPS) is 18.1. The van der Waals surface area contributed by atoms with E-state index in [1.54, 1.807) is 6.92 Å². The number of benzene rings is 1. The number of pyridine rings is 1. The molecule has 2 heterocycles. The number of ether oxygens (including phenoxy) is 1. The van der Waals surface area contributed by atoms with Crippen LogP contribution in [0.1, 0.15) is 45.6 Å². The van der Waals surface area contributed by atoms with E-state index in [1.165, 1.54) is 6.42 Å². The van der Waals surface area contributed by atoms with Crippen LogP contribution in [0.4, 0.5) is 11.5 Å². The molecule has 178 valence electrons. The maximum absolute atomic E-state index is 12.3. The fourth-order valence-electron chi connectivity index (χ4n) is 4.39. The maximum atomic E-state index is 12.3. The molecule has 2 atom stereocenters. The number of fused-ring (bicyclic) bond motifs is 1. The van der Waals surface area contributed by atoms with Crippen molar-refractivity contribution in [3.63, 3.8) is 0 Å². The monoisotopic (exact) mass is 454 g/mol. The lowest BCUT2D eigenvalue weighted by atomic mass is 9.92. The summed E-state index contributed by atoms with van der Waals surface area (Å²) in [4.78, 5) is 42.6. The highest BCUT2D eigenvalue weighted by molar-refractivity contribution is 5.96. The Morgan fingerprint density at radius 1 is 1.09 bits per heavy atom. The zero-order valence-corrected chi connectivity index (χ0v) is 19.9. The van der Waals surface area contributed by atoms with Gasteiger partial charge in [0.2, 0.25) is 11.8 Å². The van der Waals surface area contributed by atoms with Crippen LogP contribution in [-0.2, 0) is 19.1 Å². The standard InChI is InChI=1S/C25H34N4O4/c1-5-33-25(32)13-26-23(30)8-9-24(31)27-19-6-7-21-20(12-19)18(4)11-22(28-21)29-14-16(2)10-17(3)15-29/h6-7,11-12,16-17H,5,8-10,13-15H2,1-4H3,(H,26,30)(H,27,31). The second-order valence-corrected chi connectivity index (χ2v) is 9.01. The Bertz CT molecular complexity index is 1010. The highest BCUT2D eigenvalue weighted by Gasteiger charge is 2.23. The molecular formula is C25H34N4O4. The van der Waals surface area contributed by atoms with Crippen LogP contribution in [0, 0.1) is 18.8 Å². The largest absolute Gasteiger partial charge is 0.465 e. The number of hydrogen-bond donors (Lipinski definition) is 2. The first-order chi connectivity index (χ1) is 15.7. The van der Waals surface area contributed by atoms with E-state index in [-0.39, 0.29) is 37.8 Å². The van der Waals surface area contributed by atoms with Gasteiger partial charge in [-0.1, -0.05) is 13.8 Å². The summed E-state index contributed by atoms with van der Waals surface area (Å²) in [5, 5.41) is 6.28. The molecular weight excluding hydrogens is 420 g/mol. The molecule has 3 rings (SSSR count). The van der Waals surface area contributed by atoms with Crippen LogP contribution in [-0.4, -0.2) is 49.0 Å². The van der Waals surface area contributed by atoms with Crippen molar-refractivity contribution in [2.45, 2.75) is 47.0 Å². The Morgan fingerprint density at radius 2 is 1.79 bits per heavy atom. The van der Waals surface area contributed by atoms with E-state index in [0.29, 0.717) is 17.5 Å². The highest BCUT2D eigenvalue weighted by Crippen LogP contribution is 2.29. The number of nitrogens with zero attached hydrogens (tertiary/aromatic N) is 2. The number of nitrogens with one attached hydrogen (secondary N) is 2. The van der Waals surface area contributed by atoms with Gasteiger partial charge in [-0.25, -0.2) is 4.98 Å². The molecule has 0 spiro atoms. The molecule has 0 aliphatic carbocycles. The topological polar surface area (TPSA) is 101 Å². The number of amides is 2. The third-order valence-corrected chi connectivity index (χ3v) is 5.79. The molecule has 1 aliphatic rings. The van der Waals surface area contributed by atoms with Crippen LogP contribution in [0.15, 0.2) is 24.3 Å². The van der Waals surface area contributed by atoms with E-state index in [9.17, 15) is 14.4 Å². The minimum absolute atomic E-state index is 0.00452. The molecule has 1 aliphatic heterocycles. The Morgan fingerprint density at radius 3 is 2.48 bits per heavy atom. The van der Waals surface area contributed by atoms with Gasteiger partial charge in [-0.2, -0.15) is 0 Å². The molecule has 8 heteroatoms. The van der Waals surface area contributed by atoms with Crippen molar-refractivity contribution >= 4 is 40.2 Å². The molecule has 1 fully saturated rings. The van der Waals surface area contributed by atoms with Crippen LogP contribution in [0.25, 0.3) is 10.9 Å². The Labute approximate surface area is 195 Å². The predicted molar refractivity (Wildman–Crippen MR) is 129 cm³/mol. The van der Waals surface area contributed by atoms with Gasteiger partial charge in [-0.05, 0) is 61.9 Å². The van der Waals surface area contributed by atoms with Crippen LogP contribution in [0.3, 0.4) is 0 Å². The smallest absolute Gasteiger partial charge is 0.325 e. The number of aromatic nitrogens is 1. The van der Waals surface area contributed by atoms with Crippen LogP contribution < -0.4 is 15.5 Å². The number of esters is 1. The molecule has 0 saturated carbocycles. The summed E-state index contributed by atoms with van der Waals surface area (Å²) in [5.41, 5.74) is 2.67. The fourth-order valence-corrected chi connectivity index (χ4v) is 4.39. The van der Waals surface area contributed by atoms with E-state index in [2.05, 4.69) is 42.4 Å². The van der Waals surface area contributed by atoms with Crippen molar-refractivity contribution in [1.29, 1.82) is 0 Å². The van der Waals surface area contributed by atoms with Gasteiger partial charge in [0.15, 0.2) is 0 Å². The number of piperidine rings is 1. The van der Waals surface area contributed by atoms with Crippen molar-refractivity contribution < 1.29 is 19.1 Å². The van der Waals surface area contributed by atoms with Crippen LogP contribution >= 0.6 is 0 Å². The van der Waals surface area contributed by atoms with Crippen molar-refractivity contribution in [2.24, 2.45) is 11.8 Å². The van der Waals surface area contributed by atoms with Crippen molar-refractivity contribution in [1.82, 2.24) is 10.3 Å². The van der Waals surface area contributed by atoms with Gasteiger partial charge in [-0.15, -0.1) is 0 Å². The zero-order valence-electron chi connectivity index (χ0n) is 19.9. The zero-order chi connectivity index (χ0) is 24.0. The maximum Gasteiger partial charge on any atom is 0.325 e. The summed E-state index contributed by atoms with van der Waals surface area (Å²) in [7, 11) is 0. The number of carbonyl (C=O) groups is 3. The van der Waals surface area contributed by atoms with E-state index >= 15 is 0 Å². The number of rotatable bonds is 8. The summed E-state index contributed by atoms with van der Waals surface area (Å²) in [5.74, 6) is 1.17. The highest BCUT2D eigenvalue weighted by atomic mass is 16.5. The summed E-state index contributed by atoms with van der Waals surface area (Å²) in [6.45, 7) is 10.4. The van der Waals surface area contributed by atoms with E-state index in [0.717, 1.165) is 35.4 Å². The average Bonchev–Trinajstić information content (AvgIpc) is 2.76. The summed E-state index contributed by atoms with van der Waals surface area (Å²) < 4.78 is 4.75. The molecule has 1 aromatic heterocycles. The van der Waals surface area contributed by atoms with Gasteiger partial charge < -0.3 is 20.3 Å². The average molecular weight is 455 g/mol. The fraction of sp³-hybridized carbons (Fsp3) is 0.520. The minimum Gasteiger partial charge on any atom is -0.465 e. The lowest BCUT2D eigenvalue weighted by molar-refractivity contribution is -0.143. The van der Waals surface area contributed by atoms with Crippen molar-refractivity contribution in [3.8, 4) is 0 Å². The van der Waals surface area contributed by atoms with E-state index in [1.807, 2.05) is 18.2 Å². The van der Waals surface area contributed by atoms with Crippen molar-refractivity contribution in [2.75, 3.05) is 36.5 Å². The molecule has 8 nitrogen and oxygen atoms in total. The van der Waals surface area contributed by atoms with Gasteiger partial charge in [0, 0.05) is 37.0 Å². The molecule has 2 aromatic rings. The van der Waals surface area contributed by atoms with Gasteiger partial charge in [0.25, 0.3) is 0 Å². The van der Waals surface area contributed by atoms with Crippen LogP contribution in [0.5, 0.6) is 0 Å². The first-order valence-corrected chi connectivity index (χ1v) is 11.6. The molecule has 2 unspecified atom stereocenters. The van der Waals surface area contributed by atoms with Gasteiger partial charge >= 0.3 is 5.97 Å². The number of carbonyl (C=O) groups excluding carboxylic acids is 3. The quantitative estimate of drug-likeness (QED) is 0.593. The molecule has 2 amide bonds. The Kier molecular flexibility index (Phi) is 8.25. The van der Waals surface area contributed by atoms with E-state index in [4.69, 9.17) is 9.72 Å². The number of hydrogen-bond acceptors (Lipinski definition) is 6. The summed E-state index contributed by atoms with van der Waals surface area (Å²) in [6, 6.07) is 7.79. The van der Waals surface area contributed by atoms with Gasteiger partial charge in [0.05, 0.1) is 12.1 Å². The van der Waals surface area contributed by atoms with E-state index < -0.39 is 5.97 Å². The van der Waals surface area contributed by atoms with Crippen LogP contribution in [0.2, 0.25) is 0 Å². The molecule has 2 N–H and O–H groups in total. The third-order valence-electron chi connectivity index (χ3n) is 5.79. The molecule has 33 heavy (non-hydrogen) atoms. The number of anilines is 2. The number of aryl methyl sites for hydroxylation is 1. The predicted octanol–water partition coefficient (Wildman–Crippen LogP) is 3.42. The Balaban J connectivity index is 1.59.